The lowest BCUT2D eigenvalue weighted by atomic mass is 9.75. The molecule has 0 bridgehead atoms. The van der Waals surface area contributed by atoms with Gasteiger partial charge in [-0.2, -0.15) is 8.42 Å². The Morgan fingerprint density at radius 2 is 2.08 bits per heavy atom. The first-order valence-electron chi connectivity index (χ1n) is 8.29. The van der Waals surface area contributed by atoms with Crippen LogP contribution in [0.4, 0.5) is 0 Å². The van der Waals surface area contributed by atoms with Gasteiger partial charge in [0.15, 0.2) is 0 Å². The van der Waals surface area contributed by atoms with Crippen LogP contribution in [0.2, 0.25) is 0 Å². The van der Waals surface area contributed by atoms with Gasteiger partial charge in [-0.15, -0.1) is 0 Å². The number of fused-ring (bicyclic) bond motifs is 2. The van der Waals surface area contributed by atoms with Gasteiger partial charge in [0.25, 0.3) is 10.1 Å². The summed E-state index contributed by atoms with van der Waals surface area (Å²) in [5, 5.41) is 11.2. The van der Waals surface area contributed by atoms with Crippen molar-refractivity contribution in [2.24, 2.45) is 12.5 Å². The van der Waals surface area contributed by atoms with Gasteiger partial charge in [-0.3, -0.25) is 9.45 Å². The van der Waals surface area contributed by atoms with Crippen LogP contribution < -0.4 is 0 Å². The maximum absolute atomic E-state index is 11.5. The van der Waals surface area contributed by atoms with E-state index < -0.39 is 21.3 Å². The molecule has 134 valence electrons. The minimum Gasteiger partial charge on any atom is -0.395 e. The quantitative estimate of drug-likeness (QED) is 0.804. The number of hydrogen-bond acceptors (Lipinski definition) is 4. The largest absolute Gasteiger partial charge is 0.395 e. The summed E-state index contributed by atoms with van der Waals surface area (Å²) in [6.07, 6.45) is 4.89. The van der Waals surface area contributed by atoms with E-state index in [4.69, 9.17) is 0 Å². The molecular weight excluding hydrogens is 340 g/mol. The molecule has 1 aromatic carbocycles. The molecule has 0 spiro atoms. The highest BCUT2D eigenvalue weighted by Gasteiger charge is 2.42. The average molecular weight is 362 g/mol. The Morgan fingerprint density at radius 1 is 1.32 bits per heavy atom. The second kappa shape index (κ2) is 5.41. The zero-order valence-electron chi connectivity index (χ0n) is 14.3. The van der Waals surface area contributed by atoms with E-state index in [1.165, 1.54) is 10.9 Å². The van der Waals surface area contributed by atoms with Crippen molar-refractivity contribution in [3.63, 3.8) is 0 Å². The summed E-state index contributed by atoms with van der Waals surface area (Å²) >= 11 is 0. The van der Waals surface area contributed by atoms with Crippen LogP contribution in [0.1, 0.15) is 11.1 Å². The smallest absolute Gasteiger partial charge is 0.265 e. The van der Waals surface area contributed by atoms with Crippen LogP contribution in [0, 0.1) is 5.41 Å². The molecule has 1 aromatic heterocycles. The number of rotatable bonds is 3. The molecule has 6 nitrogen and oxygen atoms in total. The minimum atomic E-state index is -4.20. The maximum atomic E-state index is 11.5. The van der Waals surface area contributed by atoms with Crippen LogP contribution in [0.15, 0.2) is 30.5 Å². The van der Waals surface area contributed by atoms with Crippen molar-refractivity contribution in [1.82, 2.24) is 9.47 Å². The Balaban J connectivity index is 1.94. The van der Waals surface area contributed by atoms with Gasteiger partial charge in [-0.05, 0) is 36.2 Å². The molecule has 0 fully saturated rings. The van der Waals surface area contributed by atoms with Crippen LogP contribution in [0.25, 0.3) is 16.5 Å². The monoisotopic (exact) mass is 362 g/mol. The van der Waals surface area contributed by atoms with Gasteiger partial charge in [-0.25, -0.2) is 0 Å². The van der Waals surface area contributed by atoms with Crippen molar-refractivity contribution < 1.29 is 18.1 Å². The Bertz CT molecular complexity index is 992. The summed E-state index contributed by atoms with van der Waals surface area (Å²) in [5.41, 5.74) is 3.56. The number of likely N-dealkylation sites (N-methyl/N-ethyl adjacent to an activating group) is 1. The highest BCUT2D eigenvalue weighted by Crippen LogP contribution is 2.44. The van der Waals surface area contributed by atoms with Crippen molar-refractivity contribution in [2.75, 3.05) is 26.0 Å². The third-order valence-electron chi connectivity index (χ3n) is 5.52. The predicted octanol–water partition coefficient (Wildman–Crippen LogP) is 1.30. The molecular formula is C18H22N2O4S. The van der Waals surface area contributed by atoms with Crippen LogP contribution in [0.5, 0.6) is 0 Å². The predicted molar refractivity (Wildman–Crippen MR) is 97.0 cm³/mol. The van der Waals surface area contributed by atoms with E-state index in [1.54, 1.807) is 0 Å². The van der Waals surface area contributed by atoms with Gasteiger partial charge in [-0.1, -0.05) is 18.2 Å². The topological polar surface area (TPSA) is 82.8 Å². The molecule has 0 saturated carbocycles. The number of aliphatic hydroxyl groups excluding tert-OH is 1. The second-order valence-corrected chi connectivity index (χ2v) is 8.90. The average Bonchev–Trinajstić information content (AvgIpc) is 2.85. The molecule has 4 rings (SSSR count). The molecule has 2 atom stereocenters. The Labute approximate surface area is 147 Å². The lowest BCUT2D eigenvalue weighted by Crippen LogP contribution is -2.51. The SMILES string of the molecule is CN1C[C@@](CO)(CS(=O)(=O)O)C=C2c3cccc4c3c(cn4C)C[C@H]21. The van der Waals surface area contributed by atoms with E-state index in [9.17, 15) is 18.1 Å². The lowest BCUT2D eigenvalue weighted by molar-refractivity contribution is 0.117. The maximum Gasteiger partial charge on any atom is 0.265 e. The minimum absolute atomic E-state index is 0.140. The van der Waals surface area contributed by atoms with E-state index in [1.807, 2.05) is 26.2 Å². The highest BCUT2D eigenvalue weighted by atomic mass is 32.2. The normalized spacial score (nSPS) is 26.6. The number of hydrogen-bond donors (Lipinski definition) is 2. The van der Waals surface area contributed by atoms with Crippen LogP contribution in [-0.2, 0) is 23.6 Å². The fourth-order valence-corrected chi connectivity index (χ4v) is 5.57. The number of aromatic nitrogens is 1. The van der Waals surface area contributed by atoms with Crippen LogP contribution in [-0.4, -0.2) is 59.5 Å². The summed E-state index contributed by atoms with van der Waals surface area (Å²) in [5.74, 6) is -0.477. The zero-order valence-corrected chi connectivity index (χ0v) is 15.1. The van der Waals surface area contributed by atoms with Gasteiger partial charge in [0.1, 0.15) is 0 Å². The summed E-state index contributed by atoms with van der Waals surface area (Å²) < 4.78 is 34.5. The van der Waals surface area contributed by atoms with E-state index in [2.05, 4.69) is 27.8 Å². The van der Waals surface area contributed by atoms with Gasteiger partial charge in [0.05, 0.1) is 12.4 Å². The Kier molecular flexibility index (Phi) is 3.63. The number of aryl methyl sites for hydroxylation is 1. The first-order valence-corrected chi connectivity index (χ1v) is 9.90. The fraction of sp³-hybridized carbons (Fsp3) is 0.444. The van der Waals surface area contributed by atoms with Crippen LogP contribution in [0.3, 0.4) is 0 Å². The van der Waals surface area contributed by atoms with E-state index >= 15 is 0 Å². The molecule has 25 heavy (non-hydrogen) atoms. The van der Waals surface area contributed by atoms with Crippen molar-refractivity contribution in [3.8, 4) is 0 Å². The van der Waals surface area contributed by atoms with E-state index in [0.29, 0.717) is 6.54 Å². The van der Waals surface area contributed by atoms with E-state index in [-0.39, 0.29) is 12.6 Å². The molecule has 2 aliphatic rings. The van der Waals surface area contributed by atoms with Gasteiger partial charge in [0.2, 0.25) is 0 Å². The second-order valence-electron chi connectivity index (χ2n) is 7.45. The van der Waals surface area contributed by atoms with Crippen molar-refractivity contribution in [2.45, 2.75) is 12.5 Å². The molecule has 2 aromatic rings. The first kappa shape index (κ1) is 16.8. The molecule has 0 unspecified atom stereocenters. The molecule has 1 aliphatic carbocycles. The third kappa shape index (κ3) is 2.62. The van der Waals surface area contributed by atoms with E-state index in [0.717, 1.165) is 23.1 Å². The van der Waals surface area contributed by atoms with Crippen LogP contribution >= 0.6 is 0 Å². The summed E-state index contributed by atoms with van der Waals surface area (Å²) in [4.78, 5) is 2.09. The molecule has 2 heterocycles. The number of benzene rings is 1. The summed E-state index contributed by atoms with van der Waals surface area (Å²) in [7, 11) is -0.228. The van der Waals surface area contributed by atoms with Gasteiger partial charge < -0.3 is 9.67 Å². The molecule has 7 heteroatoms. The Morgan fingerprint density at radius 3 is 2.76 bits per heavy atom. The molecule has 2 N–H and O–H groups in total. The van der Waals surface area contributed by atoms with Crippen molar-refractivity contribution in [3.05, 3.63) is 41.6 Å². The zero-order chi connectivity index (χ0) is 18.0. The van der Waals surface area contributed by atoms with Gasteiger partial charge >= 0.3 is 0 Å². The Hall–Kier alpha value is -1.67. The first-order chi connectivity index (χ1) is 11.7. The highest BCUT2D eigenvalue weighted by molar-refractivity contribution is 7.85. The summed E-state index contributed by atoms with van der Waals surface area (Å²) in [6.45, 7) is 0.0561. The van der Waals surface area contributed by atoms with Crippen molar-refractivity contribution in [1.29, 1.82) is 0 Å². The number of aliphatic hydroxyl groups is 1. The summed E-state index contributed by atoms with van der Waals surface area (Å²) in [6, 6.07) is 6.27. The molecule has 0 amide bonds. The number of nitrogens with zero attached hydrogens (tertiary/aromatic N) is 2. The molecule has 0 saturated heterocycles. The van der Waals surface area contributed by atoms with Crippen molar-refractivity contribution >= 4 is 26.6 Å². The third-order valence-corrected chi connectivity index (χ3v) is 6.46. The molecule has 1 aliphatic heterocycles. The standard InChI is InChI=1S/C18H22N2O4S/c1-19-8-12-6-16-14(13-4-3-5-15(19)17(12)13)7-18(10-21,9-20(16)2)11-25(22,23)24/h3-5,7-8,16,21H,6,9-11H2,1-2H3,(H,22,23,24)/t16-,18+/m1/s1. The fourth-order valence-electron chi connectivity index (χ4n) is 4.57. The lowest BCUT2D eigenvalue weighted by Gasteiger charge is -2.44. The van der Waals surface area contributed by atoms with Gasteiger partial charge in [0, 0.05) is 42.1 Å². The molecule has 0 radical (unpaired) electrons.